The standard InChI is InChI=1S/C13H13ClF2N2OS/c14-9-6-10(15)8(5-11(9)16)13(19)18-3-1-7(2-4-18)12(17)20/h5-7H,1-4H2,(H2,17,20). The molecule has 1 aromatic carbocycles. The fourth-order valence-electron chi connectivity index (χ4n) is 2.22. The first kappa shape index (κ1) is 15.1. The number of piperidine rings is 1. The largest absolute Gasteiger partial charge is 0.393 e. The maximum Gasteiger partial charge on any atom is 0.256 e. The average Bonchev–Trinajstić information content (AvgIpc) is 2.42. The van der Waals surface area contributed by atoms with Crippen molar-refractivity contribution in [2.75, 3.05) is 13.1 Å². The molecule has 3 nitrogen and oxygen atoms in total. The van der Waals surface area contributed by atoms with Crippen LogP contribution in [0.25, 0.3) is 0 Å². The summed E-state index contributed by atoms with van der Waals surface area (Å²) < 4.78 is 27.1. The minimum Gasteiger partial charge on any atom is -0.393 e. The van der Waals surface area contributed by atoms with Gasteiger partial charge in [-0.05, 0) is 25.0 Å². The Kier molecular flexibility index (Phi) is 4.55. The van der Waals surface area contributed by atoms with E-state index in [9.17, 15) is 13.6 Å². The SMILES string of the molecule is NC(=S)C1CCN(C(=O)c2cc(F)c(Cl)cc2F)CC1. The van der Waals surface area contributed by atoms with Gasteiger partial charge in [0.1, 0.15) is 11.6 Å². The number of likely N-dealkylation sites (tertiary alicyclic amines) is 1. The van der Waals surface area contributed by atoms with Crippen molar-refractivity contribution in [3.05, 3.63) is 34.4 Å². The number of nitrogens with zero attached hydrogens (tertiary/aromatic N) is 1. The van der Waals surface area contributed by atoms with Crippen LogP contribution in [0.15, 0.2) is 12.1 Å². The maximum atomic E-state index is 13.7. The van der Waals surface area contributed by atoms with Crippen molar-refractivity contribution >= 4 is 34.7 Å². The highest BCUT2D eigenvalue weighted by molar-refractivity contribution is 7.80. The van der Waals surface area contributed by atoms with Gasteiger partial charge in [-0.1, -0.05) is 23.8 Å². The van der Waals surface area contributed by atoms with Gasteiger partial charge in [-0.15, -0.1) is 0 Å². The summed E-state index contributed by atoms with van der Waals surface area (Å²) in [6.07, 6.45) is 1.28. The van der Waals surface area contributed by atoms with E-state index < -0.39 is 17.5 Å². The zero-order valence-electron chi connectivity index (χ0n) is 10.5. The molecule has 7 heteroatoms. The topological polar surface area (TPSA) is 46.3 Å². The van der Waals surface area contributed by atoms with Crippen molar-refractivity contribution in [3.63, 3.8) is 0 Å². The molecule has 0 atom stereocenters. The number of hydrogen-bond acceptors (Lipinski definition) is 2. The van der Waals surface area contributed by atoms with Gasteiger partial charge in [-0.2, -0.15) is 0 Å². The molecule has 0 bridgehead atoms. The molecule has 1 aliphatic heterocycles. The predicted octanol–water partition coefficient (Wildman–Crippen LogP) is 2.76. The molecule has 1 amide bonds. The van der Waals surface area contributed by atoms with E-state index >= 15 is 0 Å². The van der Waals surface area contributed by atoms with Crippen LogP contribution in [-0.4, -0.2) is 28.9 Å². The van der Waals surface area contributed by atoms with E-state index in [4.69, 9.17) is 29.6 Å². The second-order valence-corrected chi connectivity index (χ2v) is 5.59. The lowest BCUT2D eigenvalue weighted by atomic mass is 9.96. The Labute approximate surface area is 125 Å². The van der Waals surface area contributed by atoms with Gasteiger partial charge in [-0.3, -0.25) is 4.79 Å². The van der Waals surface area contributed by atoms with Crippen LogP contribution in [0.1, 0.15) is 23.2 Å². The third kappa shape index (κ3) is 3.07. The van der Waals surface area contributed by atoms with Crippen LogP contribution in [0, 0.1) is 17.6 Å². The van der Waals surface area contributed by atoms with Gasteiger partial charge in [0.2, 0.25) is 0 Å². The molecule has 0 aromatic heterocycles. The summed E-state index contributed by atoms with van der Waals surface area (Å²) in [4.78, 5) is 14.1. The number of rotatable bonds is 2. The van der Waals surface area contributed by atoms with Crippen LogP contribution in [0.3, 0.4) is 0 Å². The van der Waals surface area contributed by atoms with Crippen LogP contribution in [0.2, 0.25) is 5.02 Å². The Morgan fingerprint density at radius 3 is 2.45 bits per heavy atom. The van der Waals surface area contributed by atoms with E-state index in [1.165, 1.54) is 4.90 Å². The van der Waals surface area contributed by atoms with E-state index in [2.05, 4.69) is 0 Å². The molecule has 2 N–H and O–H groups in total. The van der Waals surface area contributed by atoms with Crippen LogP contribution in [-0.2, 0) is 0 Å². The number of halogens is 3. The average molecular weight is 319 g/mol. The van der Waals surface area contributed by atoms with Crippen molar-refractivity contribution in [3.8, 4) is 0 Å². The number of benzene rings is 1. The van der Waals surface area contributed by atoms with Crippen LogP contribution in [0.5, 0.6) is 0 Å². The van der Waals surface area contributed by atoms with Crippen molar-refractivity contribution < 1.29 is 13.6 Å². The first-order valence-corrected chi connectivity index (χ1v) is 6.92. The highest BCUT2D eigenvalue weighted by Crippen LogP contribution is 2.23. The molecule has 0 spiro atoms. The van der Waals surface area contributed by atoms with Crippen LogP contribution >= 0.6 is 23.8 Å². The van der Waals surface area contributed by atoms with E-state index in [0.717, 1.165) is 12.1 Å². The highest BCUT2D eigenvalue weighted by atomic mass is 35.5. The van der Waals surface area contributed by atoms with E-state index in [1.54, 1.807) is 0 Å². The molecular formula is C13H13ClF2N2OS. The van der Waals surface area contributed by atoms with Crippen LogP contribution < -0.4 is 5.73 Å². The first-order chi connectivity index (χ1) is 9.40. The van der Waals surface area contributed by atoms with Gasteiger partial charge < -0.3 is 10.6 Å². The summed E-state index contributed by atoms with van der Waals surface area (Å²) in [6, 6.07) is 1.64. The minimum absolute atomic E-state index is 0.0980. The lowest BCUT2D eigenvalue weighted by Crippen LogP contribution is -2.41. The second kappa shape index (κ2) is 6.01. The summed E-state index contributed by atoms with van der Waals surface area (Å²) in [5, 5.41) is -0.341. The minimum atomic E-state index is -0.821. The number of carbonyl (C=O) groups excluding carboxylic acids is 1. The van der Waals surface area contributed by atoms with Crippen molar-refractivity contribution in [1.82, 2.24) is 4.90 Å². The highest BCUT2D eigenvalue weighted by Gasteiger charge is 2.27. The van der Waals surface area contributed by atoms with Gasteiger partial charge in [0.05, 0.1) is 15.6 Å². The summed E-state index contributed by atoms with van der Waals surface area (Å²) in [6.45, 7) is 0.842. The van der Waals surface area contributed by atoms with Gasteiger partial charge in [0, 0.05) is 19.0 Å². The second-order valence-electron chi connectivity index (χ2n) is 4.72. The molecule has 0 saturated carbocycles. The molecule has 1 saturated heterocycles. The van der Waals surface area contributed by atoms with Gasteiger partial charge in [0.15, 0.2) is 0 Å². The summed E-state index contributed by atoms with van der Waals surface area (Å²) in [5.74, 6) is -2.08. The Hall–Kier alpha value is -1.27. The molecule has 1 aliphatic rings. The molecule has 20 heavy (non-hydrogen) atoms. The van der Waals surface area contributed by atoms with Gasteiger partial charge in [0.25, 0.3) is 5.91 Å². The Morgan fingerprint density at radius 1 is 1.30 bits per heavy atom. The number of amides is 1. The molecule has 0 unspecified atom stereocenters. The molecule has 1 aromatic rings. The summed E-state index contributed by atoms with van der Waals surface area (Å²) in [7, 11) is 0. The first-order valence-electron chi connectivity index (χ1n) is 6.13. The fourth-order valence-corrected chi connectivity index (χ4v) is 2.61. The third-order valence-electron chi connectivity index (χ3n) is 3.42. The molecule has 0 aliphatic carbocycles. The molecule has 2 rings (SSSR count). The van der Waals surface area contributed by atoms with Crippen molar-refractivity contribution in [2.45, 2.75) is 12.8 Å². The normalized spacial score (nSPS) is 16.2. The number of nitrogens with two attached hydrogens (primary N) is 1. The predicted molar refractivity (Wildman–Crippen MR) is 76.8 cm³/mol. The number of carbonyl (C=O) groups is 1. The van der Waals surface area contributed by atoms with E-state index in [1.807, 2.05) is 0 Å². The molecule has 108 valence electrons. The Bertz CT molecular complexity index is 560. The van der Waals surface area contributed by atoms with Crippen LogP contribution in [0.4, 0.5) is 8.78 Å². The van der Waals surface area contributed by atoms with E-state index in [0.29, 0.717) is 30.9 Å². The molecule has 0 radical (unpaired) electrons. The van der Waals surface area contributed by atoms with Gasteiger partial charge >= 0.3 is 0 Å². The molecule has 1 fully saturated rings. The molecule has 1 heterocycles. The quantitative estimate of drug-likeness (QED) is 0.674. The monoisotopic (exact) mass is 318 g/mol. The van der Waals surface area contributed by atoms with Gasteiger partial charge in [-0.25, -0.2) is 8.78 Å². The smallest absolute Gasteiger partial charge is 0.256 e. The number of hydrogen-bond donors (Lipinski definition) is 1. The third-order valence-corrected chi connectivity index (χ3v) is 4.05. The maximum absolute atomic E-state index is 13.7. The Morgan fingerprint density at radius 2 is 1.90 bits per heavy atom. The van der Waals surface area contributed by atoms with Crippen molar-refractivity contribution in [2.24, 2.45) is 11.7 Å². The fraction of sp³-hybridized carbons (Fsp3) is 0.385. The van der Waals surface area contributed by atoms with E-state index in [-0.39, 0.29) is 16.5 Å². The summed E-state index contributed by atoms with van der Waals surface area (Å²) >= 11 is 10.4. The van der Waals surface area contributed by atoms with Crippen molar-refractivity contribution in [1.29, 1.82) is 0 Å². The molecular weight excluding hydrogens is 306 g/mol. The zero-order chi connectivity index (χ0) is 14.9. The number of thiocarbonyl (C=S) groups is 1. The zero-order valence-corrected chi connectivity index (χ0v) is 12.1. The summed E-state index contributed by atoms with van der Waals surface area (Å²) in [5.41, 5.74) is 5.26. The Balaban J connectivity index is 2.13. The lowest BCUT2D eigenvalue weighted by molar-refractivity contribution is 0.0705. The lowest BCUT2D eigenvalue weighted by Gasteiger charge is -2.31.